The van der Waals surface area contributed by atoms with Gasteiger partial charge in [0.05, 0.1) is 12.7 Å². The summed E-state index contributed by atoms with van der Waals surface area (Å²) < 4.78 is 4.76. The normalized spacial score (nSPS) is 10.0. The molecular weight excluding hydrogens is 214 g/mol. The van der Waals surface area contributed by atoms with Crippen molar-refractivity contribution in [1.29, 1.82) is 0 Å². The number of methoxy groups -OCH3 is 1. The molecule has 0 saturated heterocycles. The number of aromatic nitrogens is 1. The predicted octanol–water partition coefficient (Wildman–Crippen LogP) is 2.84. The zero-order valence-electron chi connectivity index (χ0n) is 9.81. The van der Waals surface area contributed by atoms with Crippen LogP contribution in [0.25, 0.3) is 11.1 Å². The third-order valence-corrected chi connectivity index (χ3v) is 2.73. The fraction of sp³-hybridized carbons (Fsp3) is 0.143. The Morgan fingerprint density at radius 3 is 2.53 bits per heavy atom. The third-order valence-electron chi connectivity index (χ3n) is 2.73. The van der Waals surface area contributed by atoms with Crippen molar-refractivity contribution in [2.24, 2.45) is 0 Å². The first-order chi connectivity index (χ1) is 8.24. The van der Waals surface area contributed by atoms with Crippen molar-refractivity contribution in [3.8, 4) is 11.1 Å². The van der Waals surface area contributed by atoms with Gasteiger partial charge in [-0.1, -0.05) is 12.1 Å². The van der Waals surface area contributed by atoms with Gasteiger partial charge in [-0.25, -0.2) is 4.79 Å². The molecule has 0 saturated carbocycles. The third kappa shape index (κ3) is 2.18. The summed E-state index contributed by atoms with van der Waals surface area (Å²) in [6.07, 6.45) is 3.47. The van der Waals surface area contributed by atoms with Crippen molar-refractivity contribution in [2.75, 3.05) is 7.11 Å². The summed E-state index contributed by atoms with van der Waals surface area (Å²) in [7, 11) is 1.39. The maximum atomic E-state index is 11.6. The van der Waals surface area contributed by atoms with Crippen molar-refractivity contribution in [3.05, 3.63) is 53.9 Å². The number of hydrogen-bond donors (Lipinski definition) is 0. The Hall–Kier alpha value is -2.16. The number of rotatable bonds is 2. The topological polar surface area (TPSA) is 39.2 Å². The fourth-order valence-corrected chi connectivity index (χ4v) is 1.81. The zero-order chi connectivity index (χ0) is 12.3. The Morgan fingerprint density at radius 1 is 1.18 bits per heavy atom. The molecule has 1 heterocycles. The highest BCUT2D eigenvalue weighted by atomic mass is 16.5. The number of benzene rings is 1. The molecule has 86 valence electrons. The highest BCUT2D eigenvalue weighted by Crippen LogP contribution is 2.25. The van der Waals surface area contributed by atoms with Crippen LogP contribution in [0.15, 0.2) is 42.7 Å². The molecule has 2 aromatic rings. The van der Waals surface area contributed by atoms with Gasteiger partial charge in [-0.3, -0.25) is 4.98 Å². The Morgan fingerprint density at radius 2 is 1.88 bits per heavy atom. The van der Waals surface area contributed by atoms with Gasteiger partial charge in [0.2, 0.25) is 0 Å². The number of nitrogens with zero attached hydrogens (tertiary/aromatic N) is 1. The van der Waals surface area contributed by atoms with Gasteiger partial charge in [-0.05, 0) is 41.8 Å². The second-order valence-electron chi connectivity index (χ2n) is 3.71. The van der Waals surface area contributed by atoms with Crippen LogP contribution < -0.4 is 0 Å². The number of carbonyl (C=O) groups excluding carboxylic acids is 1. The molecule has 2 rings (SSSR count). The molecule has 1 aromatic carbocycles. The Kier molecular flexibility index (Phi) is 3.19. The number of esters is 1. The van der Waals surface area contributed by atoms with Crippen LogP contribution in [0.2, 0.25) is 0 Å². The molecule has 0 fully saturated rings. The minimum absolute atomic E-state index is 0.307. The van der Waals surface area contributed by atoms with Gasteiger partial charge in [0.15, 0.2) is 0 Å². The quantitative estimate of drug-likeness (QED) is 0.740. The van der Waals surface area contributed by atoms with Crippen molar-refractivity contribution in [1.82, 2.24) is 4.98 Å². The molecular formula is C14H13NO2. The van der Waals surface area contributed by atoms with Crippen LogP contribution in [0, 0.1) is 6.92 Å². The molecule has 0 spiro atoms. The maximum Gasteiger partial charge on any atom is 0.338 e. The summed E-state index contributed by atoms with van der Waals surface area (Å²) in [5, 5.41) is 0. The van der Waals surface area contributed by atoms with Gasteiger partial charge in [-0.2, -0.15) is 0 Å². The molecule has 3 nitrogen and oxygen atoms in total. The van der Waals surface area contributed by atoms with E-state index in [4.69, 9.17) is 4.74 Å². The first-order valence-electron chi connectivity index (χ1n) is 5.32. The van der Waals surface area contributed by atoms with E-state index in [1.54, 1.807) is 18.5 Å². The van der Waals surface area contributed by atoms with Gasteiger partial charge in [-0.15, -0.1) is 0 Å². The van der Waals surface area contributed by atoms with Crippen LogP contribution in [-0.2, 0) is 4.74 Å². The summed E-state index contributed by atoms with van der Waals surface area (Å²) >= 11 is 0. The van der Waals surface area contributed by atoms with Crippen LogP contribution in [0.1, 0.15) is 15.9 Å². The summed E-state index contributed by atoms with van der Waals surface area (Å²) in [6, 6.07) is 9.45. The molecule has 0 aliphatic heterocycles. The number of ether oxygens (including phenoxy) is 1. The molecule has 0 unspecified atom stereocenters. The number of pyridine rings is 1. The zero-order valence-corrected chi connectivity index (χ0v) is 9.81. The van der Waals surface area contributed by atoms with E-state index in [1.165, 1.54) is 7.11 Å². The van der Waals surface area contributed by atoms with E-state index >= 15 is 0 Å². The maximum absolute atomic E-state index is 11.6. The molecule has 0 amide bonds. The lowest BCUT2D eigenvalue weighted by molar-refractivity contribution is 0.0600. The smallest absolute Gasteiger partial charge is 0.338 e. The molecule has 0 atom stereocenters. The van der Waals surface area contributed by atoms with Crippen molar-refractivity contribution in [3.63, 3.8) is 0 Å². The van der Waals surface area contributed by atoms with E-state index in [2.05, 4.69) is 4.98 Å². The molecule has 0 radical (unpaired) electrons. The van der Waals surface area contributed by atoms with E-state index in [0.29, 0.717) is 5.56 Å². The van der Waals surface area contributed by atoms with E-state index < -0.39 is 0 Å². The highest BCUT2D eigenvalue weighted by Gasteiger charge is 2.12. The standard InChI is InChI=1S/C14H13NO2/c1-10-12(11-6-8-15-9-7-11)4-3-5-13(10)14(16)17-2/h3-9H,1-2H3. The lowest BCUT2D eigenvalue weighted by Crippen LogP contribution is -2.04. The second kappa shape index (κ2) is 4.78. The fourth-order valence-electron chi connectivity index (χ4n) is 1.81. The molecule has 0 aliphatic rings. The van der Waals surface area contributed by atoms with Crippen LogP contribution in [-0.4, -0.2) is 18.1 Å². The van der Waals surface area contributed by atoms with Crippen molar-refractivity contribution in [2.45, 2.75) is 6.92 Å². The summed E-state index contributed by atoms with van der Waals surface area (Å²) in [5.74, 6) is -0.307. The first-order valence-corrected chi connectivity index (χ1v) is 5.32. The summed E-state index contributed by atoms with van der Waals surface area (Å²) in [6.45, 7) is 1.92. The average Bonchev–Trinajstić information content (AvgIpc) is 2.39. The van der Waals surface area contributed by atoms with E-state index in [9.17, 15) is 4.79 Å². The predicted molar refractivity (Wildman–Crippen MR) is 65.7 cm³/mol. The Bertz CT molecular complexity index is 535. The van der Waals surface area contributed by atoms with Crippen LogP contribution >= 0.6 is 0 Å². The van der Waals surface area contributed by atoms with Gasteiger partial charge in [0.25, 0.3) is 0 Å². The molecule has 0 bridgehead atoms. The minimum atomic E-state index is -0.307. The molecule has 0 aliphatic carbocycles. The first kappa shape index (κ1) is 11.3. The minimum Gasteiger partial charge on any atom is -0.465 e. The number of carbonyl (C=O) groups is 1. The van der Waals surface area contributed by atoms with Gasteiger partial charge in [0.1, 0.15) is 0 Å². The van der Waals surface area contributed by atoms with Crippen LogP contribution in [0.3, 0.4) is 0 Å². The second-order valence-corrected chi connectivity index (χ2v) is 3.71. The van der Waals surface area contributed by atoms with Gasteiger partial charge >= 0.3 is 5.97 Å². The number of hydrogen-bond acceptors (Lipinski definition) is 3. The molecule has 0 N–H and O–H groups in total. The lowest BCUT2D eigenvalue weighted by atomic mass is 9.97. The Labute approximate surface area is 100 Å². The van der Waals surface area contributed by atoms with E-state index in [1.807, 2.05) is 31.2 Å². The molecule has 3 heteroatoms. The van der Waals surface area contributed by atoms with Gasteiger partial charge in [0, 0.05) is 12.4 Å². The van der Waals surface area contributed by atoms with Crippen LogP contribution in [0.4, 0.5) is 0 Å². The summed E-state index contributed by atoms with van der Waals surface area (Å²) in [4.78, 5) is 15.6. The Balaban J connectivity index is 2.54. The van der Waals surface area contributed by atoms with Crippen molar-refractivity contribution < 1.29 is 9.53 Å². The monoisotopic (exact) mass is 227 g/mol. The van der Waals surface area contributed by atoms with Crippen LogP contribution in [0.5, 0.6) is 0 Å². The van der Waals surface area contributed by atoms with Gasteiger partial charge < -0.3 is 4.74 Å². The lowest BCUT2D eigenvalue weighted by Gasteiger charge is -2.09. The summed E-state index contributed by atoms with van der Waals surface area (Å²) in [5.41, 5.74) is 3.59. The average molecular weight is 227 g/mol. The SMILES string of the molecule is COC(=O)c1cccc(-c2ccncc2)c1C. The largest absolute Gasteiger partial charge is 0.465 e. The van der Waals surface area contributed by atoms with E-state index in [-0.39, 0.29) is 5.97 Å². The molecule has 17 heavy (non-hydrogen) atoms. The van der Waals surface area contributed by atoms with Crippen molar-refractivity contribution >= 4 is 5.97 Å². The van der Waals surface area contributed by atoms with E-state index in [0.717, 1.165) is 16.7 Å². The highest BCUT2D eigenvalue weighted by molar-refractivity contribution is 5.93. The molecule has 1 aromatic heterocycles.